The van der Waals surface area contributed by atoms with Gasteiger partial charge in [-0.25, -0.2) is 0 Å². The van der Waals surface area contributed by atoms with Crippen LogP contribution < -0.4 is 0 Å². The van der Waals surface area contributed by atoms with Crippen molar-refractivity contribution in [2.75, 3.05) is 0 Å². The third kappa shape index (κ3) is 3.16. The Bertz CT molecular complexity index is 2160. The van der Waals surface area contributed by atoms with Gasteiger partial charge in [-0.2, -0.15) is 15.8 Å². The SMILES string of the molecule is N#Cc1cc(-c2ccc3oc4ccccc4c3c2)cc(-n2c3ccc(C#N)cc3c3cc(C#N)ccc32)c1. The van der Waals surface area contributed by atoms with Gasteiger partial charge in [-0.3, -0.25) is 0 Å². The second-order valence-corrected chi connectivity index (χ2v) is 9.21. The van der Waals surface area contributed by atoms with Gasteiger partial charge in [0, 0.05) is 27.2 Å². The van der Waals surface area contributed by atoms with Crippen LogP contribution in [0, 0.1) is 34.0 Å². The van der Waals surface area contributed by atoms with E-state index in [4.69, 9.17) is 4.42 Å². The van der Waals surface area contributed by atoms with Crippen molar-refractivity contribution in [1.29, 1.82) is 15.8 Å². The molecule has 2 aromatic heterocycles. The maximum Gasteiger partial charge on any atom is 0.135 e. The highest BCUT2D eigenvalue weighted by molar-refractivity contribution is 6.10. The minimum Gasteiger partial charge on any atom is -0.456 e. The van der Waals surface area contributed by atoms with Crippen molar-refractivity contribution in [2.45, 2.75) is 0 Å². The van der Waals surface area contributed by atoms with E-state index in [9.17, 15) is 15.8 Å². The maximum atomic E-state index is 9.93. The van der Waals surface area contributed by atoms with E-state index < -0.39 is 0 Å². The molecule has 0 bridgehead atoms. The van der Waals surface area contributed by atoms with Gasteiger partial charge in [-0.05, 0) is 83.9 Å². The van der Waals surface area contributed by atoms with Crippen molar-refractivity contribution in [3.8, 4) is 35.0 Å². The molecule has 7 aromatic rings. The van der Waals surface area contributed by atoms with Crippen LogP contribution in [-0.4, -0.2) is 4.57 Å². The van der Waals surface area contributed by atoms with Crippen LogP contribution in [0.2, 0.25) is 0 Å². The summed E-state index contributed by atoms with van der Waals surface area (Å²) in [5.41, 5.74) is 7.78. The van der Waals surface area contributed by atoms with Crippen LogP contribution in [0.15, 0.2) is 101 Å². The number of fused-ring (bicyclic) bond motifs is 6. The number of rotatable bonds is 2. The van der Waals surface area contributed by atoms with E-state index in [-0.39, 0.29) is 0 Å². The highest BCUT2D eigenvalue weighted by atomic mass is 16.3. The molecule has 0 radical (unpaired) electrons. The van der Waals surface area contributed by atoms with E-state index in [1.165, 1.54) is 0 Å². The maximum absolute atomic E-state index is 9.93. The number of aromatic nitrogens is 1. The van der Waals surface area contributed by atoms with Gasteiger partial charge in [0.15, 0.2) is 0 Å². The van der Waals surface area contributed by atoms with E-state index >= 15 is 0 Å². The molecule has 174 valence electrons. The standard InChI is InChI=1S/C33H16N4O/c34-17-20-5-8-30-27(13-20)28-14-21(18-35)6-9-31(28)37(30)25-12-22(19-36)11-24(15-25)23-7-10-33-29(16-23)26-3-1-2-4-32(26)38-33/h1-16H. The van der Waals surface area contributed by atoms with E-state index in [0.717, 1.165) is 60.6 Å². The lowest BCUT2D eigenvalue weighted by Gasteiger charge is -2.12. The zero-order valence-electron chi connectivity index (χ0n) is 19.9. The molecule has 5 nitrogen and oxygen atoms in total. The molecule has 0 saturated carbocycles. The highest BCUT2D eigenvalue weighted by Crippen LogP contribution is 2.36. The van der Waals surface area contributed by atoms with Crippen molar-refractivity contribution in [3.05, 3.63) is 114 Å². The summed E-state index contributed by atoms with van der Waals surface area (Å²) >= 11 is 0. The molecular weight excluding hydrogens is 468 g/mol. The lowest BCUT2D eigenvalue weighted by Crippen LogP contribution is -1.96. The Labute approximate surface area is 217 Å². The second-order valence-electron chi connectivity index (χ2n) is 9.21. The second kappa shape index (κ2) is 8.10. The first kappa shape index (κ1) is 21.5. The normalized spacial score (nSPS) is 11.1. The van der Waals surface area contributed by atoms with Gasteiger partial charge in [0.05, 0.1) is 45.9 Å². The summed E-state index contributed by atoms with van der Waals surface area (Å²) < 4.78 is 8.09. The molecule has 0 fully saturated rings. The molecule has 7 rings (SSSR count). The first-order valence-electron chi connectivity index (χ1n) is 12.0. The molecule has 0 aliphatic carbocycles. The molecule has 0 amide bonds. The summed E-state index contributed by atoms with van der Waals surface area (Å²) in [5.74, 6) is 0. The van der Waals surface area contributed by atoms with E-state index in [1.807, 2.05) is 72.8 Å². The predicted octanol–water partition coefficient (Wildman–Crippen LogP) is 7.97. The van der Waals surface area contributed by atoms with Gasteiger partial charge >= 0.3 is 0 Å². The molecule has 5 aromatic carbocycles. The van der Waals surface area contributed by atoms with Gasteiger partial charge in [-0.15, -0.1) is 0 Å². The molecule has 0 unspecified atom stereocenters. The monoisotopic (exact) mass is 484 g/mol. The zero-order valence-corrected chi connectivity index (χ0v) is 19.9. The predicted molar refractivity (Wildman–Crippen MR) is 148 cm³/mol. The quantitative estimate of drug-likeness (QED) is 0.249. The smallest absolute Gasteiger partial charge is 0.135 e. The molecule has 0 atom stereocenters. The van der Waals surface area contributed by atoms with Crippen LogP contribution in [0.1, 0.15) is 16.7 Å². The van der Waals surface area contributed by atoms with Crippen LogP contribution in [0.4, 0.5) is 0 Å². The van der Waals surface area contributed by atoms with Crippen LogP contribution >= 0.6 is 0 Å². The molecule has 0 aliphatic heterocycles. The Hall–Kier alpha value is -5.83. The first-order valence-corrected chi connectivity index (χ1v) is 12.0. The third-order valence-corrected chi connectivity index (χ3v) is 7.04. The van der Waals surface area contributed by atoms with E-state index in [1.54, 1.807) is 12.1 Å². The lowest BCUT2D eigenvalue weighted by atomic mass is 10.00. The fourth-order valence-electron chi connectivity index (χ4n) is 5.32. The van der Waals surface area contributed by atoms with Crippen molar-refractivity contribution < 1.29 is 4.42 Å². The molecule has 0 spiro atoms. The van der Waals surface area contributed by atoms with Gasteiger partial charge in [0.1, 0.15) is 11.2 Å². The number of para-hydroxylation sites is 1. The summed E-state index contributed by atoms with van der Waals surface area (Å²) in [6.45, 7) is 0. The summed E-state index contributed by atoms with van der Waals surface area (Å²) in [6.07, 6.45) is 0. The molecule has 0 saturated heterocycles. The third-order valence-electron chi connectivity index (χ3n) is 7.04. The number of nitriles is 3. The lowest BCUT2D eigenvalue weighted by molar-refractivity contribution is 0.669. The van der Waals surface area contributed by atoms with Crippen molar-refractivity contribution in [1.82, 2.24) is 4.57 Å². The Morgan fingerprint density at radius 2 is 1.16 bits per heavy atom. The average molecular weight is 485 g/mol. The molecule has 0 N–H and O–H groups in total. The average Bonchev–Trinajstić information content (AvgIpc) is 3.51. The molecule has 38 heavy (non-hydrogen) atoms. The van der Waals surface area contributed by atoms with Crippen molar-refractivity contribution in [2.24, 2.45) is 0 Å². The van der Waals surface area contributed by atoms with Gasteiger partial charge in [-0.1, -0.05) is 24.3 Å². The number of benzene rings is 5. The van der Waals surface area contributed by atoms with Gasteiger partial charge in [0.2, 0.25) is 0 Å². The highest BCUT2D eigenvalue weighted by Gasteiger charge is 2.16. The minimum atomic E-state index is 0.534. The Morgan fingerprint density at radius 1 is 0.500 bits per heavy atom. The summed E-state index contributed by atoms with van der Waals surface area (Å²) in [6, 6.07) is 37.7. The molecule has 2 heterocycles. The largest absolute Gasteiger partial charge is 0.456 e. The van der Waals surface area contributed by atoms with Crippen LogP contribution in [-0.2, 0) is 0 Å². The van der Waals surface area contributed by atoms with Crippen LogP contribution in [0.3, 0.4) is 0 Å². The van der Waals surface area contributed by atoms with Crippen molar-refractivity contribution in [3.63, 3.8) is 0 Å². The molecule has 0 aliphatic rings. The molecular formula is C33H16N4O. The van der Waals surface area contributed by atoms with Gasteiger partial charge in [0.25, 0.3) is 0 Å². The van der Waals surface area contributed by atoms with Crippen LogP contribution in [0.25, 0.3) is 60.6 Å². The van der Waals surface area contributed by atoms with Crippen LogP contribution in [0.5, 0.6) is 0 Å². The van der Waals surface area contributed by atoms with Gasteiger partial charge < -0.3 is 8.98 Å². The topological polar surface area (TPSA) is 89.4 Å². The van der Waals surface area contributed by atoms with E-state index in [2.05, 4.69) is 34.9 Å². The summed E-state index contributed by atoms with van der Waals surface area (Å²) in [7, 11) is 0. The fourth-order valence-corrected chi connectivity index (χ4v) is 5.32. The fraction of sp³-hybridized carbons (Fsp3) is 0. The summed E-state index contributed by atoms with van der Waals surface area (Å²) in [4.78, 5) is 0. The first-order chi connectivity index (χ1) is 18.7. The minimum absolute atomic E-state index is 0.534. The Morgan fingerprint density at radius 3 is 1.84 bits per heavy atom. The molecule has 5 heteroatoms. The number of furan rings is 1. The number of hydrogen-bond acceptors (Lipinski definition) is 4. The summed E-state index contributed by atoms with van der Waals surface area (Å²) in [5, 5.41) is 32.8. The Kier molecular flexibility index (Phi) is 4.57. The number of hydrogen-bond donors (Lipinski definition) is 0. The van der Waals surface area contributed by atoms with E-state index in [0.29, 0.717) is 16.7 Å². The Balaban J connectivity index is 1.51. The van der Waals surface area contributed by atoms with Crippen molar-refractivity contribution >= 4 is 43.7 Å². The number of nitrogens with zero attached hydrogens (tertiary/aromatic N) is 4. The zero-order chi connectivity index (χ0) is 25.8.